The quantitative estimate of drug-likeness (QED) is 0.133. The largest absolute Gasteiger partial charge is 0.335 e. The highest BCUT2D eigenvalue weighted by molar-refractivity contribution is 8.00. The van der Waals surface area contributed by atoms with Gasteiger partial charge in [0.15, 0.2) is 0 Å². The molecular weight excluding hydrogens is 1200 g/mol. The van der Waals surface area contributed by atoms with Crippen molar-refractivity contribution in [3.63, 3.8) is 0 Å². The number of anilines is 10. The smallest absolute Gasteiger partial charge is 0.249 e. The molecule has 462 valence electrons. The third-order valence-corrected chi connectivity index (χ3v) is 25.5. The lowest BCUT2D eigenvalue weighted by Gasteiger charge is -2.49. The molecule has 8 heteroatoms. The minimum atomic E-state index is -0.0388. The fourth-order valence-corrected chi connectivity index (χ4v) is 20.2. The molecule has 0 N–H and O–H groups in total. The lowest BCUT2D eigenvalue weighted by Crippen LogP contribution is -2.63. The van der Waals surface area contributed by atoms with Crippen molar-refractivity contribution >= 4 is 137 Å². The Bertz CT molecular complexity index is 4820. The van der Waals surface area contributed by atoms with Crippen LogP contribution in [0.25, 0.3) is 21.5 Å². The van der Waals surface area contributed by atoms with E-state index in [9.17, 15) is 0 Å². The van der Waals surface area contributed by atoms with Crippen LogP contribution in [0.5, 0.6) is 0 Å². The minimum absolute atomic E-state index is 0.0388. The molecule has 94 heavy (non-hydrogen) atoms. The van der Waals surface area contributed by atoms with Gasteiger partial charge >= 0.3 is 0 Å². The van der Waals surface area contributed by atoms with Crippen molar-refractivity contribution in [2.24, 2.45) is 0 Å². The summed E-state index contributed by atoms with van der Waals surface area (Å²) in [6.07, 6.45) is 12.6. The van der Waals surface area contributed by atoms with Crippen LogP contribution in [0.2, 0.25) is 5.02 Å². The molecule has 6 aliphatic rings. The molecule has 2 saturated carbocycles. The second-order valence-electron chi connectivity index (χ2n) is 27.8. The number of nitrogens with zero attached hydrogens (tertiary/aromatic N) is 4. The van der Waals surface area contributed by atoms with Gasteiger partial charge in [0.1, 0.15) is 0 Å². The lowest BCUT2D eigenvalue weighted by atomic mass is 9.34. The van der Waals surface area contributed by atoms with Gasteiger partial charge < -0.3 is 19.6 Å². The molecule has 4 aliphatic heterocycles. The number of benzene rings is 12. The minimum Gasteiger partial charge on any atom is -0.335 e. The summed E-state index contributed by atoms with van der Waals surface area (Å²) in [5, 5.41) is 5.83. The maximum atomic E-state index is 7.44. The Hall–Kier alpha value is -8.59. The van der Waals surface area contributed by atoms with Gasteiger partial charge in [0.05, 0.1) is 21.8 Å². The van der Waals surface area contributed by atoms with Crippen molar-refractivity contribution in [1.82, 2.24) is 0 Å². The Kier molecular flexibility index (Phi) is 14.7. The van der Waals surface area contributed by atoms with E-state index in [1.807, 2.05) is 11.8 Å². The normalized spacial score (nSPS) is 21.1. The van der Waals surface area contributed by atoms with Gasteiger partial charge in [-0.3, -0.25) is 0 Å². The molecule has 0 aromatic heterocycles. The number of hydrogen-bond acceptors (Lipinski definition) is 6. The number of halogens is 1. The standard InChI is InChI=1S/C43H37BN2S.C43H39ClN2S/c1-42-24-10-5-11-25-43(42,2)46-37-20-13-21-38-40(37)44(35-19-12-18-34(42)41(35)46)36-27-29-22-23-33(26-30(29)28-39(36)47-38)45(31-14-6-3-7-15-31)32-16-8-4-9-17-32;1-42-27-12-5-13-28-43(42,2)46(38-20-11-10-19-37(38)42)39-21-14-22-40(41(39)44)47-36-26-24-31-23-25-35(29-32(31)30-36)45(33-15-6-3-7-16-33)34-17-8-4-9-18-34/h3-4,6-9,12-23,26-28H,5,10-11,24-25H2,1-2H3;3-4,6-11,14-26,29-30H,5,12-13,27-28H2,1-2H3. The van der Waals surface area contributed by atoms with E-state index in [0.717, 1.165) is 50.5 Å². The third-order valence-electron chi connectivity index (χ3n) is 22.8. The maximum absolute atomic E-state index is 7.44. The van der Waals surface area contributed by atoms with E-state index >= 15 is 0 Å². The fraction of sp³-hybridized carbons (Fsp3) is 0.209. The first-order chi connectivity index (χ1) is 46.0. The summed E-state index contributed by atoms with van der Waals surface area (Å²) >= 11 is 11.2. The molecule has 2 fully saturated rings. The van der Waals surface area contributed by atoms with Crippen LogP contribution in [0.15, 0.2) is 287 Å². The Balaban J connectivity index is 0.000000143. The molecule has 18 rings (SSSR count). The highest BCUT2D eigenvalue weighted by Crippen LogP contribution is 2.63. The first kappa shape index (κ1) is 59.2. The van der Waals surface area contributed by atoms with E-state index in [4.69, 9.17) is 11.6 Å². The zero-order valence-corrected chi connectivity index (χ0v) is 56.4. The molecule has 4 heterocycles. The number of para-hydroxylation sites is 6. The Morgan fingerprint density at radius 1 is 0.383 bits per heavy atom. The van der Waals surface area contributed by atoms with Crippen molar-refractivity contribution in [2.75, 3.05) is 19.6 Å². The Labute approximate surface area is 568 Å². The monoisotopic (exact) mass is 1270 g/mol. The highest BCUT2D eigenvalue weighted by Gasteiger charge is 2.61. The molecule has 4 unspecified atom stereocenters. The van der Waals surface area contributed by atoms with Gasteiger partial charge in [-0.05, 0) is 204 Å². The predicted octanol–water partition coefficient (Wildman–Crippen LogP) is 23.0. The molecule has 4 atom stereocenters. The first-order valence-corrected chi connectivity index (χ1v) is 36.1. The van der Waals surface area contributed by atoms with E-state index in [1.165, 1.54) is 139 Å². The van der Waals surface area contributed by atoms with Gasteiger partial charge in [-0.25, -0.2) is 0 Å². The van der Waals surface area contributed by atoms with Gasteiger partial charge in [0.25, 0.3) is 0 Å². The van der Waals surface area contributed by atoms with Crippen molar-refractivity contribution in [3.8, 4) is 0 Å². The van der Waals surface area contributed by atoms with E-state index in [0.29, 0.717) is 0 Å². The molecule has 12 aromatic rings. The topological polar surface area (TPSA) is 13.0 Å². The van der Waals surface area contributed by atoms with Gasteiger partial charge in [0, 0.05) is 81.6 Å². The zero-order valence-electron chi connectivity index (χ0n) is 54.0. The molecule has 4 nitrogen and oxygen atoms in total. The summed E-state index contributed by atoms with van der Waals surface area (Å²) in [5.41, 5.74) is 20.0. The van der Waals surface area contributed by atoms with Gasteiger partial charge in [-0.2, -0.15) is 0 Å². The second-order valence-corrected chi connectivity index (χ2v) is 30.4. The van der Waals surface area contributed by atoms with E-state index < -0.39 is 0 Å². The Morgan fingerprint density at radius 3 is 1.52 bits per heavy atom. The summed E-state index contributed by atoms with van der Waals surface area (Å²) < 4.78 is 0. The van der Waals surface area contributed by atoms with Crippen molar-refractivity contribution in [2.45, 2.75) is 133 Å². The molecular formula is C86H76BClN4S2. The van der Waals surface area contributed by atoms with Crippen LogP contribution in [0.4, 0.5) is 56.9 Å². The van der Waals surface area contributed by atoms with Crippen LogP contribution < -0.4 is 36.0 Å². The second kappa shape index (κ2) is 23.4. The third kappa shape index (κ3) is 9.41. The van der Waals surface area contributed by atoms with Crippen LogP contribution in [-0.2, 0) is 10.8 Å². The first-order valence-electron chi connectivity index (χ1n) is 34.0. The highest BCUT2D eigenvalue weighted by atomic mass is 35.5. The number of fused-ring (bicyclic) bond motifs is 12. The van der Waals surface area contributed by atoms with Crippen LogP contribution in [0.3, 0.4) is 0 Å². The van der Waals surface area contributed by atoms with E-state index in [-0.39, 0.29) is 28.6 Å². The lowest BCUT2D eigenvalue weighted by molar-refractivity contribution is 0.261. The number of hydrogen-bond donors (Lipinski definition) is 0. The van der Waals surface area contributed by atoms with E-state index in [1.54, 1.807) is 17.3 Å². The van der Waals surface area contributed by atoms with Gasteiger partial charge in [0.2, 0.25) is 6.71 Å². The van der Waals surface area contributed by atoms with Crippen molar-refractivity contribution < 1.29 is 0 Å². The van der Waals surface area contributed by atoms with Gasteiger partial charge in [-0.1, -0.05) is 239 Å². The Morgan fingerprint density at radius 2 is 0.883 bits per heavy atom. The molecule has 0 spiro atoms. The maximum Gasteiger partial charge on any atom is 0.249 e. The predicted molar refractivity (Wildman–Crippen MR) is 403 cm³/mol. The molecule has 0 radical (unpaired) electrons. The SMILES string of the molecule is CC12CCCCCC1(C)N(c1cccc(Sc3ccc4ccc(N(c5ccccc5)c5ccccc5)cc4c3)c1Cl)c1ccccc12.CC12CCCCCC1(C)N1c3cccc4c3B(c3cc5ccc(N(c6ccccc6)c6ccccc6)cc5cc3S4)c3cccc2c31. The van der Waals surface area contributed by atoms with Crippen LogP contribution in [-0.4, -0.2) is 17.8 Å². The van der Waals surface area contributed by atoms with Crippen molar-refractivity contribution in [3.05, 3.63) is 283 Å². The summed E-state index contributed by atoms with van der Waals surface area (Å²) in [6, 6.07) is 98.0. The summed E-state index contributed by atoms with van der Waals surface area (Å²) in [5.74, 6) is 0. The zero-order chi connectivity index (χ0) is 63.3. The van der Waals surface area contributed by atoms with Crippen LogP contribution in [0, 0.1) is 0 Å². The summed E-state index contributed by atoms with van der Waals surface area (Å²) in [4.78, 5) is 15.1. The average Bonchev–Trinajstić information content (AvgIpc) is 1.49. The van der Waals surface area contributed by atoms with Crippen LogP contribution in [0.1, 0.15) is 103 Å². The van der Waals surface area contributed by atoms with Crippen molar-refractivity contribution in [1.29, 1.82) is 0 Å². The molecule has 0 saturated heterocycles. The molecule has 2 aliphatic carbocycles. The van der Waals surface area contributed by atoms with Gasteiger partial charge in [-0.15, -0.1) is 0 Å². The number of rotatable bonds is 9. The van der Waals surface area contributed by atoms with Crippen LogP contribution >= 0.6 is 35.1 Å². The van der Waals surface area contributed by atoms with E-state index in [2.05, 4.69) is 314 Å². The molecule has 0 amide bonds. The average molecular weight is 1280 g/mol. The summed E-state index contributed by atoms with van der Waals surface area (Å²) in [6.45, 7) is 10.4. The molecule has 0 bridgehead atoms. The summed E-state index contributed by atoms with van der Waals surface area (Å²) in [7, 11) is 0. The molecule has 12 aromatic carbocycles. The fourth-order valence-electron chi connectivity index (χ4n) is 17.8.